The molecule has 0 radical (unpaired) electrons. The summed E-state index contributed by atoms with van der Waals surface area (Å²) in [5.74, 6) is 0. The smallest absolute Gasteiger partial charge is 0.269 e. The summed E-state index contributed by atoms with van der Waals surface area (Å²) in [5, 5.41) is 11.7. The Morgan fingerprint density at radius 2 is 2.00 bits per heavy atom. The minimum atomic E-state index is -0.835. The van der Waals surface area contributed by atoms with Gasteiger partial charge in [-0.1, -0.05) is 23.2 Å². The van der Waals surface area contributed by atoms with Gasteiger partial charge in [-0.25, -0.2) is 0 Å². The number of hydrogen-bond donors (Lipinski definition) is 0. The SMILES string of the molecule is O=c1c([N+](=O)[O-])c(Cl)c2ccc(Cl)cc2n1-c1cccnc1. The van der Waals surface area contributed by atoms with Crippen LogP contribution in [-0.4, -0.2) is 14.5 Å². The van der Waals surface area contributed by atoms with Gasteiger partial charge in [0.2, 0.25) is 0 Å². The largest absolute Gasteiger partial charge is 0.353 e. The quantitative estimate of drug-likeness (QED) is 0.529. The number of aromatic nitrogens is 2. The fourth-order valence-electron chi connectivity index (χ4n) is 2.21. The van der Waals surface area contributed by atoms with E-state index in [2.05, 4.69) is 4.98 Å². The standard InChI is InChI=1S/C14H7Cl2N3O3/c15-8-3-4-10-11(6-8)18(9-2-1-5-17-7-9)14(20)13(12(10)16)19(21)22/h1-7H. The molecule has 0 aliphatic heterocycles. The van der Waals surface area contributed by atoms with Gasteiger partial charge < -0.3 is 0 Å². The van der Waals surface area contributed by atoms with E-state index in [1.54, 1.807) is 24.3 Å². The normalized spacial score (nSPS) is 10.8. The first-order valence-electron chi connectivity index (χ1n) is 6.09. The van der Waals surface area contributed by atoms with Crippen molar-refractivity contribution in [2.24, 2.45) is 0 Å². The molecule has 3 aromatic rings. The summed E-state index contributed by atoms with van der Waals surface area (Å²) in [5.41, 5.74) is -0.751. The highest BCUT2D eigenvalue weighted by atomic mass is 35.5. The van der Waals surface area contributed by atoms with Gasteiger partial charge in [-0.15, -0.1) is 0 Å². The van der Waals surface area contributed by atoms with Gasteiger partial charge in [-0.05, 0) is 30.3 Å². The molecule has 2 heterocycles. The Balaban J connectivity index is 2.56. The van der Waals surface area contributed by atoms with Crippen LogP contribution in [-0.2, 0) is 0 Å². The minimum Gasteiger partial charge on any atom is -0.269 e. The number of rotatable bonds is 2. The molecule has 8 heteroatoms. The zero-order chi connectivity index (χ0) is 15.9. The molecular weight excluding hydrogens is 329 g/mol. The summed E-state index contributed by atoms with van der Waals surface area (Å²) >= 11 is 12.0. The molecule has 3 rings (SSSR count). The minimum absolute atomic E-state index is 0.207. The van der Waals surface area contributed by atoms with Gasteiger partial charge in [0.15, 0.2) is 0 Å². The van der Waals surface area contributed by atoms with Crippen LogP contribution in [0.25, 0.3) is 16.6 Å². The number of benzene rings is 1. The van der Waals surface area contributed by atoms with Crippen molar-refractivity contribution in [2.75, 3.05) is 0 Å². The van der Waals surface area contributed by atoms with Gasteiger partial charge in [0.25, 0.3) is 0 Å². The van der Waals surface area contributed by atoms with Gasteiger partial charge in [0.05, 0.1) is 22.3 Å². The van der Waals surface area contributed by atoms with Crippen molar-refractivity contribution in [3.05, 3.63) is 73.2 Å². The molecular formula is C14H7Cl2N3O3. The lowest BCUT2D eigenvalue weighted by Gasteiger charge is -2.11. The maximum absolute atomic E-state index is 12.5. The van der Waals surface area contributed by atoms with Crippen molar-refractivity contribution < 1.29 is 4.92 Å². The van der Waals surface area contributed by atoms with Crippen LogP contribution in [0.3, 0.4) is 0 Å². The molecule has 2 aromatic heterocycles. The molecule has 0 saturated heterocycles. The van der Waals surface area contributed by atoms with E-state index >= 15 is 0 Å². The number of nitro groups is 1. The summed E-state index contributed by atoms with van der Waals surface area (Å²) in [6.45, 7) is 0. The molecule has 0 bridgehead atoms. The van der Waals surface area contributed by atoms with E-state index in [0.29, 0.717) is 21.6 Å². The number of hydrogen-bond acceptors (Lipinski definition) is 4. The molecule has 0 spiro atoms. The zero-order valence-electron chi connectivity index (χ0n) is 10.9. The number of nitrogens with zero attached hydrogens (tertiary/aromatic N) is 3. The number of fused-ring (bicyclic) bond motifs is 1. The molecule has 0 amide bonds. The Morgan fingerprint density at radius 3 is 2.64 bits per heavy atom. The van der Waals surface area contributed by atoms with E-state index in [0.717, 1.165) is 0 Å². The van der Waals surface area contributed by atoms with E-state index < -0.39 is 16.2 Å². The van der Waals surface area contributed by atoms with Crippen LogP contribution in [0.2, 0.25) is 10.0 Å². The predicted molar refractivity (Wildman–Crippen MR) is 84.0 cm³/mol. The van der Waals surface area contributed by atoms with Crippen LogP contribution in [0.15, 0.2) is 47.5 Å². The summed E-state index contributed by atoms with van der Waals surface area (Å²) < 4.78 is 1.18. The summed E-state index contributed by atoms with van der Waals surface area (Å²) in [4.78, 5) is 26.9. The Hall–Kier alpha value is -2.44. The van der Waals surface area contributed by atoms with Gasteiger partial charge in [-0.2, -0.15) is 0 Å². The Morgan fingerprint density at radius 1 is 1.23 bits per heavy atom. The third-order valence-electron chi connectivity index (χ3n) is 3.14. The van der Waals surface area contributed by atoms with E-state index in [1.807, 2.05) is 0 Å². The molecule has 0 N–H and O–H groups in total. The zero-order valence-corrected chi connectivity index (χ0v) is 12.4. The van der Waals surface area contributed by atoms with E-state index in [4.69, 9.17) is 23.2 Å². The Labute approximate surface area is 133 Å². The van der Waals surface area contributed by atoms with Crippen LogP contribution >= 0.6 is 23.2 Å². The average Bonchev–Trinajstić information content (AvgIpc) is 2.47. The topological polar surface area (TPSA) is 78.0 Å². The van der Waals surface area contributed by atoms with Gasteiger partial charge in [0, 0.05) is 16.6 Å². The molecule has 110 valence electrons. The summed E-state index contributed by atoms with van der Waals surface area (Å²) in [6, 6.07) is 7.86. The molecule has 0 fully saturated rings. The maximum Gasteiger partial charge on any atom is 0.353 e. The lowest BCUT2D eigenvalue weighted by atomic mass is 10.2. The van der Waals surface area contributed by atoms with Crippen molar-refractivity contribution in [1.82, 2.24) is 9.55 Å². The highest BCUT2D eigenvalue weighted by Crippen LogP contribution is 2.32. The van der Waals surface area contributed by atoms with Crippen molar-refractivity contribution in [2.45, 2.75) is 0 Å². The molecule has 1 aromatic carbocycles. The monoisotopic (exact) mass is 335 g/mol. The molecule has 0 aliphatic rings. The Bertz CT molecular complexity index is 955. The first-order chi connectivity index (χ1) is 10.5. The molecule has 6 nitrogen and oxygen atoms in total. The predicted octanol–water partition coefficient (Wildman–Crippen LogP) is 3.60. The second kappa shape index (κ2) is 5.40. The van der Waals surface area contributed by atoms with Gasteiger partial charge >= 0.3 is 11.2 Å². The van der Waals surface area contributed by atoms with Crippen LogP contribution in [0.1, 0.15) is 0 Å². The summed E-state index contributed by atoms with van der Waals surface area (Å²) in [6.07, 6.45) is 2.97. The van der Waals surface area contributed by atoms with Crippen molar-refractivity contribution >= 4 is 39.8 Å². The van der Waals surface area contributed by atoms with Gasteiger partial charge in [0.1, 0.15) is 5.02 Å². The van der Waals surface area contributed by atoms with E-state index in [-0.39, 0.29) is 5.02 Å². The first-order valence-corrected chi connectivity index (χ1v) is 6.85. The molecule has 0 unspecified atom stereocenters. The van der Waals surface area contributed by atoms with E-state index in [9.17, 15) is 14.9 Å². The summed E-state index contributed by atoms with van der Waals surface area (Å²) in [7, 11) is 0. The first kappa shape index (κ1) is 14.5. The van der Waals surface area contributed by atoms with Crippen LogP contribution in [0.5, 0.6) is 0 Å². The third-order valence-corrected chi connectivity index (χ3v) is 3.76. The average molecular weight is 336 g/mol. The maximum atomic E-state index is 12.5. The van der Waals surface area contributed by atoms with Crippen molar-refractivity contribution in [3.63, 3.8) is 0 Å². The van der Waals surface area contributed by atoms with Crippen LogP contribution in [0, 0.1) is 10.1 Å². The second-order valence-electron chi connectivity index (χ2n) is 4.43. The highest BCUT2D eigenvalue weighted by Gasteiger charge is 2.25. The lowest BCUT2D eigenvalue weighted by molar-refractivity contribution is -0.386. The number of halogens is 2. The van der Waals surface area contributed by atoms with Gasteiger partial charge in [-0.3, -0.25) is 24.5 Å². The third kappa shape index (κ3) is 2.22. The fourth-order valence-corrected chi connectivity index (χ4v) is 2.69. The fraction of sp³-hybridized carbons (Fsp3) is 0. The van der Waals surface area contributed by atoms with Crippen LogP contribution in [0.4, 0.5) is 5.69 Å². The Kier molecular flexibility index (Phi) is 3.56. The number of pyridine rings is 2. The van der Waals surface area contributed by atoms with Crippen LogP contribution < -0.4 is 5.56 Å². The molecule has 0 saturated carbocycles. The molecule has 0 aliphatic carbocycles. The molecule has 22 heavy (non-hydrogen) atoms. The van der Waals surface area contributed by atoms with Crippen molar-refractivity contribution in [3.8, 4) is 5.69 Å². The van der Waals surface area contributed by atoms with E-state index in [1.165, 1.54) is 23.0 Å². The molecule has 0 atom stereocenters. The second-order valence-corrected chi connectivity index (χ2v) is 5.25. The highest BCUT2D eigenvalue weighted by molar-refractivity contribution is 6.38. The lowest BCUT2D eigenvalue weighted by Crippen LogP contribution is -2.22. The van der Waals surface area contributed by atoms with Crippen molar-refractivity contribution in [1.29, 1.82) is 0 Å².